The third-order valence-electron chi connectivity index (χ3n) is 3.83. The Hall–Kier alpha value is -3.18. The molecule has 0 aliphatic rings. The van der Waals surface area contributed by atoms with Gasteiger partial charge in [0.1, 0.15) is 0 Å². The predicted octanol–water partition coefficient (Wildman–Crippen LogP) is 4.85. The molecule has 25 heavy (non-hydrogen) atoms. The maximum Gasteiger partial charge on any atom is 0.257 e. The Morgan fingerprint density at radius 3 is 2.36 bits per heavy atom. The average molecular weight is 345 g/mol. The molecule has 0 radical (unpaired) electrons. The van der Waals surface area contributed by atoms with Crippen molar-refractivity contribution in [3.63, 3.8) is 0 Å². The normalized spacial score (nSPS) is 10.6. The summed E-state index contributed by atoms with van der Waals surface area (Å²) in [6.07, 6.45) is 3.94. The van der Waals surface area contributed by atoms with Gasteiger partial charge in [-0.2, -0.15) is 0 Å². The van der Waals surface area contributed by atoms with E-state index in [1.54, 1.807) is 0 Å². The third kappa shape index (κ3) is 3.36. The van der Waals surface area contributed by atoms with Crippen LogP contribution < -0.4 is 5.32 Å². The van der Waals surface area contributed by atoms with E-state index in [4.69, 9.17) is 0 Å². The Bertz CT molecular complexity index is 973. The van der Waals surface area contributed by atoms with Crippen molar-refractivity contribution in [3.05, 3.63) is 90.1 Å². The number of benzene rings is 2. The standard InChI is InChI=1S/C20H15N3OS/c24-19(16-8-10-17(11-9-16)23-12-4-5-13-23)22-20-21-18(14-25-20)15-6-2-1-3-7-15/h1-14H,(H,21,22,24). The topological polar surface area (TPSA) is 46.9 Å². The van der Waals surface area contributed by atoms with Crippen LogP contribution in [0, 0.1) is 0 Å². The van der Waals surface area contributed by atoms with Crippen LogP contribution in [0.5, 0.6) is 0 Å². The van der Waals surface area contributed by atoms with Crippen LogP contribution in [-0.2, 0) is 0 Å². The molecule has 2 aromatic carbocycles. The fourth-order valence-electron chi connectivity index (χ4n) is 2.53. The second kappa shape index (κ2) is 6.75. The highest BCUT2D eigenvalue weighted by Gasteiger charge is 2.10. The fourth-order valence-corrected chi connectivity index (χ4v) is 3.25. The van der Waals surface area contributed by atoms with Crippen LogP contribution in [0.4, 0.5) is 5.13 Å². The van der Waals surface area contributed by atoms with Gasteiger partial charge in [0.05, 0.1) is 5.69 Å². The maximum atomic E-state index is 12.4. The second-order valence-corrected chi connectivity index (χ2v) is 6.35. The Kier molecular flexibility index (Phi) is 4.14. The van der Waals surface area contributed by atoms with E-state index in [2.05, 4.69) is 10.3 Å². The molecule has 1 N–H and O–H groups in total. The SMILES string of the molecule is O=C(Nc1nc(-c2ccccc2)cs1)c1ccc(-n2cccc2)cc1. The zero-order valence-electron chi connectivity index (χ0n) is 13.3. The lowest BCUT2D eigenvalue weighted by Crippen LogP contribution is -2.11. The largest absolute Gasteiger partial charge is 0.324 e. The van der Waals surface area contributed by atoms with E-state index < -0.39 is 0 Å². The molecule has 0 fully saturated rings. The number of amides is 1. The van der Waals surface area contributed by atoms with Crippen LogP contribution in [0.3, 0.4) is 0 Å². The summed E-state index contributed by atoms with van der Waals surface area (Å²) in [6, 6.07) is 21.3. The number of hydrogen-bond acceptors (Lipinski definition) is 3. The van der Waals surface area contributed by atoms with Crippen molar-refractivity contribution >= 4 is 22.4 Å². The monoisotopic (exact) mass is 345 g/mol. The van der Waals surface area contributed by atoms with E-state index in [-0.39, 0.29) is 5.91 Å². The molecule has 0 bridgehead atoms. The van der Waals surface area contributed by atoms with E-state index in [1.807, 2.05) is 89.1 Å². The molecule has 1 amide bonds. The minimum atomic E-state index is -0.159. The summed E-state index contributed by atoms with van der Waals surface area (Å²) in [4.78, 5) is 16.9. The molecule has 0 saturated carbocycles. The molecule has 0 saturated heterocycles. The number of hydrogen-bond donors (Lipinski definition) is 1. The summed E-state index contributed by atoms with van der Waals surface area (Å²) < 4.78 is 1.99. The second-order valence-electron chi connectivity index (χ2n) is 5.50. The van der Waals surface area contributed by atoms with Gasteiger partial charge in [0.25, 0.3) is 5.91 Å². The Morgan fingerprint density at radius 2 is 1.64 bits per heavy atom. The number of nitrogens with one attached hydrogen (secondary N) is 1. The average Bonchev–Trinajstić information content (AvgIpc) is 3.35. The summed E-state index contributed by atoms with van der Waals surface area (Å²) >= 11 is 1.42. The molecule has 4 nitrogen and oxygen atoms in total. The number of thiazole rings is 1. The van der Waals surface area contributed by atoms with Crippen LogP contribution in [0.15, 0.2) is 84.5 Å². The Balaban J connectivity index is 1.48. The molecule has 0 aliphatic carbocycles. The van der Waals surface area contributed by atoms with Crippen LogP contribution in [0.2, 0.25) is 0 Å². The Morgan fingerprint density at radius 1 is 0.920 bits per heavy atom. The summed E-state index contributed by atoms with van der Waals surface area (Å²) in [6.45, 7) is 0. The summed E-state index contributed by atoms with van der Waals surface area (Å²) in [5.74, 6) is -0.159. The molecular formula is C20H15N3OS. The first-order valence-electron chi connectivity index (χ1n) is 7.85. The zero-order valence-corrected chi connectivity index (χ0v) is 14.1. The van der Waals surface area contributed by atoms with Crippen LogP contribution in [0.25, 0.3) is 16.9 Å². The quantitative estimate of drug-likeness (QED) is 0.574. The Labute approximate surface area is 149 Å². The van der Waals surface area contributed by atoms with E-state index >= 15 is 0 Å². The maximum absolute atomic E-state index is 12.4. The molecule has 0 unspecified atom stereocenters. The van der Waals surface area contributed by atoms with E-state index in [0.717, 1.165) is 16.9 Å². The van der Waals surface area contributed by atoms with Crippen molar-refractivity contribution in [1.29, 1.82) is 0 Å². The van der Waals surface area contributed by atoms with Gasteiger partial charge in [-0.3, -0.25) is 10.1 Å². The molecule has 0 aliphatic heterocycles. The van der Waals surface area contributed by atoms with Crippen molar-refractivity contribution in [2.24, 2.45) is 0 Å². The third-order valence-corrected chi connectivity index (χ3v) is 4.58. The molecule has 4 rings (SSSR count). The molecule has 122 valence electrons. The van der Waals surface area contributed by atoms with Crippen molar-refractivity contribution in [1.82, 2.24) is 9.55 Å². The molecule has 0 atom stereocenters. The minimum absolute atomic E-state index is 0.159. The van der Waals surface area contributed by atoms with Gasteiger partial charge in [-0.1, -0.05) is 30.3 Å². The van der Waals surface area contributed by atoms with Gasteiger partial charge >= 0.3 is 0 Å². The molecule has 2 heterocycles. The summed E-state index contributed by atoms with van der Waals surface area (Å²) in [5, 5.41) is 5.40. The van der Waals surface area contributed by atoms with Gasteiger partial charge in [0.15, 0.2) is 5.13 Å². The molecule has 0 spiro atoms. The molecule has 2 aromatic heterocycles. The first-order chi connectivity index (χ1) is 12.3. The number of nitrogens with zero attached hydrogens (tertiary/aromatic N) is 2. The highest BCUT2D eigenvalue weighted by Crippen LogP contribution is 2.25. The summed E-state index contributed by atoms with van der Waals surface area (Å²) in [5.41, 5.74) is 3.52. The highest BCUT2D eigenvalue weighted by molar-refractivity contribution is 7.14. The molecule has 5 heteroatoms. The smallest absolute Gasteiger partial charge is 0.257 e. The van der Waals surface area contributed by atoms with Crippen molar-refractivity contribution in [3.8, 4) is 16.9 Å². The van der Waals surface area contributed by atoms with Gasteiger partial charge in [0, 0.05) is 34.6 Å². The first kappa shape index (κ1) is 15.4. The zero-order chi connectivity index (χ0) is 17.1. The number of carbonyl (C=O) groups is 1. The molecule has 4 aromatic rings. The van der Waals surface area contributed by atoms with Crippen LogP contribution in [0.1, 0.15) is 10.4 Å². The van der Waals surface area contributed by atoms with E-state index in [0.29, 0.717) is 10.7 Å². The van der Waals surface area contributed by atoms with Crippen LogP contribution >= 0.6 is 11.3 Å². The van der Waals surface area contributed by atoms with Gasteiger partial charge in [-0.25, -0.2) is 4.98 Å². The predicted molar refractivity (Wildman–Crippen MR) is 101 cm³/mol. The van der Waals surface area contributed by atoms with Crippen molar-refractivity contribution in [2.45, 2.75) is 0 Å². The fraction of sp³-hybridized carbons (Fsp3) is 0. The van der Waals surface area contributed by atoms with Crippen molar-refractivity contribution in [2.75, 3.05) is 5.32 Å². The number of carbonyl (C=O) groups excluding carboxylic acids is 1. The first-order valence-corrected chi connectivity index (χ1v) is 8.73. The van der Waals surface area contributed by atoms with E-state index in [1.165, 1.54) is 11.3 Å². The molecular weight excluding hydrogens is 330 g/mol. The lowest BCUT2D eigenvalue weighted by Gasteiger charge is -2.05. The van der Waals surface area contributed by atoms with Gasteiger partial charge in [-0.05, 0) is 36.4 Å². The number of rotatable bonds is 4. The van der Waals surface area contributed by atoms with Crippen LogP contribution in [-0.4, -0.2) is 15.5 Å². The van der Waals surface area contributed by atoms with E-state index in [9.17, 15) is 4.79 Å². The minimum Gasteiger partial charge on any atom is -0.324 e. The highest BCUT2D eigenvalue weighted by atomic mass is 32.1. The number of aromatic nitrogens is 2. The van der Waals surface area contributed by atoms with Gasteiger partial charge < -0.3 is 4.57 Å². The van der Waals surface area contributed by atoms with Crippen molar-refractivity contribution < 1.29 is 4.79 Å². The lowest BCUT2D eigenvalue weighted by molar-refractivity contribution is 0.102. The van der Waals surface area contributed by atoms with Gasteiger partial charge in [-0.15, -0.1) is 11.3 Å². The summed E-state index contributed by atoms with van der Waals surface area (Å²) in [7, 11) is 0. The lowest BCUT2D eigenvalue weighted by atomic mass is 10.2. The number of anilines is 1. The van der Waals surface area contributed by atoms with Gasteiger partial charge in [0.2, 0.25) is 0 Å².